The lowest BCUT2D eigenvalue weighted by molar-refractivity contribution is 0.602. The molecule has 0 saturated heterocycles. The van der Waals surface area contributed by atoms with E-state index >= 15 is 0 Å². The third-order valence-electron chi connectivity index (χ3n) is 3.06. The van der Waals surface area contributed by atoms with Crippen LogP contribution in [0, 0.1) is 17.1 Å². The van der Waals surface area contributed by atoms with Crippen molar-refractivity contribution in [3.8, 4) is 6.07 Å². The molecule has 0 N–H and O–H groups in total. The highest BCUT2D eigenvalue weighted by Gasteiger charge is 2.09. The average molecular weight is 279 g/mol. The van der Waals surface area contributed by atoms with Gasteiger partial charge in [-0.3, -0.25) is 0 Å². The molecule has 0 aliphatic carbocycles. The summed E-state index contributed by atoms with van der Waals surface area (Å²) in [7, 11) is 0. The molecule has 0 heterocycles. The van der Waals surface area contributed by atoms with Gasteiger partial charge >= 0.3 is 0 Å². The maximum absolute atomic E-state index is 13.7. The lowest BCUT2D eigenvalue weighted by Gasteiger charge is -2.08. The maximum Gasteiger partial charge on any atom is 0.137 e. The highest BCUT2D eigenvalue weighted by Crippen LogP contribution is 2.35. The van der Waals surface area contributed by atoms with E-state index < -0.39 is 0 Å². The van der Waals surface area contributed by atoms with E-state index in [1.54, 1.807) is 18.2 Å². The number of nitriles is 1. The van der Waals surface area contributed by atoms with Crippen molar-refractivity contribution in [3.63, 3.8) is 0 Å². The predicted molar refractivity (Wildman–Crippen MR) is 79.2 cm³/mol. The first kappa shape index (κ1) is 12.7. The first-order valence-electron chi connectivity index (χ1n) is 6.14. The molecule has 0 radical (unpaired) electrons. The quantitative estimate of drug-likeness (QED) is 0.659. The van der Waals surface area contributed by atoms with E-state index in [-0.39, 0.29) is 5.82 Å². The average Bonchev–Trinajstić information content (AvgIpc) is 2.50. The summed E-state index contributed by atoms with van der Waals surface area (Å²) < 4.78 is 13.7. The van der Waals surface area contributed by atoms with Crippen molar-refractivity contribution in [3.05, 3.63) is 72.0 Å². The van der Waals surface area contributed by atoms with Gasteiger partial charge in [0.2, 0.25) is 0 Å². The van der Waals surface area contributed by atoms with Crippen molar-refractivity contribution in [1.82, 2.24) is 0 Å². The van der Waals surface area contributed by atoms with Crippen LogP contribution in [-0.2, 0) is 0 Å². The number of rotatable bonds is 2. The Labute approximate surface area is 120 Å². The van der Waals surface area contributed by atoms with Gasteiger partial charge in [-0.15, -0.1) is 0 Å². The van der Waals surface area contributed by atoms with Crippen LogP contribution < -0.4 is 0 Å². The highest BCUT2D eigenvalue weighted by molar-refractivity contribution is 7.99. The van der Waals surface area contributed by atoms with E-state index in [9.17, 15) is 4.39 Å². The Hall–Kier alpha value is -2.31. The zero-order chi connectivity index (χ0) is 13.9. The van der Waals surface area contributed by atoms with E-state index in [0.717, 1.165) is 15.7 Å². The fraction of sp³-hybridized carbons (Fsp3) is 0. The summed E-state index contributed by atoms with van der Waals surface area (Å²) in [6.07, 6.45) is 0. The molecule has 3 rings (SSSR count). The molecule has 96 valence electrons. The second-order valence-electron chi connectivity index (χ2n) is 4.30. The van der Waals surface area contributed by atoms with Gasteiger partial charge in [-0.25, -0.2) is 4.39 Å². The first-order chi connectivity index (χ1) is 9.79. The molecule has 0 saturated carbocycles. The summed E-state index contributed by atoms with van der Waals surface area (Å²) in [6, 6.07) is 20.3. The summed E-state index contributed by atoms with van der Waals surface area (Å²) in [5, 5.41) is 11.0. The molecule has 20 heavy (non-hydrogen) atoms. The van der Waals surface area contributed by atoms with Crippen LogP contribution in [0.25, 0.3) is 10.8 Å². The van der Waals surface area contributed by atoms with Gasteiger partial charge in [0.1, 0.15) is 5.82 Å². The van der Waals surface area contributed by atoms with Crippen LogP contribution in [0.2, 0.25) is 0 Å². The zero-order valence-electron chi connectivity index (χ0n) is 10.5. The minimum atomic E-state index is -0.231. The minimum absolute atomic E-state index is 0.231. The molecule has 1 nitrogen and oxygen atoms in total. The SMILES string of the molecule is N#Cc1ccc(Sc2ccccc2F)c2ccccc12. The Bertz CT molecular complexity index is 821. The van der Waals surface area contributed by atoms with Crippen molar-refractivity contribution in [2.24, 2.45) is 0 Å². The van der Waals surface area contributed by atoms with Gasteiger partial charge in [-0.1, -0.05) is 48.2 Å². The summed E-state index contributed by atoms with van der Waals surface area (Å²) in [6.45, 7) is 0. The van der Waals surface area contributed by atoms with Crippen molar-refractivity contribution in [2.75, 3.05) is 0 Å². The zero-order valence-corrected chi connectivity index (χ0v) is 11.3. The molecule has 0 spiro atoms. The van der Waals surface area contributed by atoms with Crippen molar-refractivity contribution < 1.29 is 4.39 Å². The fourth-order valence-corrected chi connectivity index (χ4v) is 3.08. The normalized spacial score (nSPS) is 10.4. The number of fused-ring (bicyclic) bond motifs is 1. The van der Waals surface area contributed by atoms with E-state index in [1.807, 2.05) is 36.4 Å². The number of hydrogen-bond donors (Lipinski definition) is 0. The number of nitrogens with zero attached hydrogens (tertiary/aromatic N) is 1. The second kappa shape index (κ2) is 5.36. The Kier molecular flexibility index (Phi) is 3.41. The van der Waals surface area contributed by atoms with Crippen LogP contribution in [0.15, 0.2) is 70.5 Å². The molecule has 0 aliphatic rings. The third kappa shape index (κ3) is 2.26. The Morgan fingerprint density at radius 2 is 1.50 bits per heavy atom. The first-order valence-corrected chi connectivity index (χ1v) is 6.95. The summed E-state index contributed by atoms with van der Waals surface area (Å²) >= 11 is 1.38. The smallest absolute Gasteiger partial charge is 0.137 e. The summed E-state index contributed by atoms with van der Waals surface area (Å²) in [5.41, 5.74) is 0.637. The van der Waals surface area contributed by atoms with Crippen LogP contribution in [0.4, 0.5) is 4.39 Å². The third-order valence-corrected chi connectivity index (χ3v) is 4.19. The summed E-state index contributed by atoms with van der Waals surface area (Å²) in [4.78, 5) is 1.53. The molecule has 0 unspecified atom stereocenters. The molecule has 0 atom stereocenters. The summed E-state index contributed by atoms with van der Waals surface area (Å²) in [5.74, 6) is -0.231. The highest BCUT2D eigenvalue weighted by atomic mass is 32.2. The van der Waals surface area contributed by atoms with Gasteiger partial charge in [0.25, 0.3) is 0 Å². The number of benzene rings is 3. The van der Waals surface area contributed by atoms with E-state index in [0.29, 0.717) is 10.5 Å². The number of hydrogen-bond acceptors (Lipinski definition) is 2. The molecule has 0 fully saturated rings. The lowest BCUT2D eigenvalue weighted by atomic mass is 10.1. The molecule has 0 amide bonds. The predicted octanol–water partition coefficient (Wildman–Crippen LogP) is 5.00. The van der Waals surface area contributed by atoms with E-state index in [4.69, 9.17) is 5.26 Å². The van der Waals surface area contributed by atoms with E-state index in [2.05, 4.69) is 6.07 Å². The molecule has 0 aliphatic heterocycles. The lowest BCUT2D eigenvalue weighted by Crippen LogP contribution is -1.84. The second-order valence-corrected chi connectivity index (χ2v) is 5.38. The van der Waals surface area contributed by atoms with Gasteiger partial charge in [0.05, 0.1) is 11.6 Å². The van der Waals surface area contributed by atoms with Crippen LogP contribution in [-0.4, -0.2) is 0 Å². The molecular weight excluding hydrogens is 269 g/mol. The van der Waals surface area contributed by atoms with Crippen LogP contribution in [0.3, 0.4) is 0 Å². The molecule has 3 aromatic carbocycles. The Morgan fingerprint density at radius 3 is 2.25 bits per heavy atom. The van der Waals surface area contributed by atoms with Crippen LogP contribution >= 0.6 is 11.8 Å². The fourth-order valence-electron chi connectivity index (χ4n) is 2.10. The standard InChI is InChI=1S/C17H10FNS/c18-15-7-3-4-8-17(15)20-16-10-9-12(11-19)13-5-1-2-6-14(13)16/h1-10H. The van der Waals surface area contributed by atoms with Gasteiger partial charge in [0, 0.05) is 15.2 Å². The van der Waals surface area contributed by atoms with Gasteiger partial charge in [0.15, 0.2) is 0 Å². The topological polar surface area (TPSA) is 23.8 Å². The van der Waals surface area contributed by atoms with Gasteiger partial charge in [-0.05, 0) is 29.7 Å². The molecular formula is C17H10FNS. The Balaban J connectivity index is 2.14. The number of halogens is 1. The minimum Gasteiger partial charge on any atom is -0.206 e. The van der Waals surface area contributed by atoms with Gasteiger partial charge < -0.3 is 0 Å². The molecule has 3 aromatic rings. The van der Waals surface area contributed by atoms with Crippen LogP contribution in [0.5, 0.6) is 0 Å². The van der Waals surface area contributed by atoms with Crippen LogP contribution in [0.1, 0.15) is 5.56 Å². The maximum atomic E-state index is 13.7. The van der Waals surface area contributed by atoms with E-state index in [1.165, 1.54) is 17.8 Å². The van der Waals surface area contributed by atoms with Crippen molar-refractivity contribution >= 4 is 22.5 Å². The van der Waals surface area contributed by atoms with Gasteiger partial charge in [-0.2, -0.15) is 5.26 Å². The molecule has 3 heteroatoms. The monoisotopic (exact) mass is 279 g/mol. The van der Waals surface area contributed by atoms with Crippen molar-refractivity contribution in [1.29, 1.82) is 5.26 Å². The Morgan fingerprint density at radius 1 is 0.800 bits per heavy atom. The van der Waals surface area contributed by atoms with Crippen molar-refractivity contribution in [2.45, 2.75) is 9.79 Å². The molecule has 0 aromatic heterocycles. The molecule has 0 bridgehead atoms. The largest absolute Gasteiger partial charge is 0.206 e.